The van der Waals surface area contributed by atoms with Gasteiger partial charge >= 0.3 is 12.1 Å². The van der Waals surface area contributed by atoms with Crippen LogP contribution >= 0.6 is 0 Å². The Bertz CT molecular complexity index is 923. The predicted molar refractivity (Wildman–Crippen MR) is 83.4 cm³/mol. The van der Waals surface area contributed by atoms with Crippen LogP contribution < -0.4 is 5.32 Å². The van der Waals surface area contributed by atoms with Gasteiger partial charge in [0.15, 0.2) is 0 Å². The molecule has 0 atom stereocenters. The molecule has 0 saturated heterocycles. The zero-order chi connectivity index (χ0) is 17.3. The Morgan fingerprint density at radius 2 is 1.88 bits per heavy atom. The molecule has 1 aromatic heterocycles. The fraction of sp³-hybridized carbons (Fsp3) is 0.0588. The number of pyridine rings is 1. The molecule has 7 heteroatoms. The van der Waals surface area contributed by atoms with E-state index in [4.69, 9.17) is 5.11 Å². The molecule has 0 radical (unpaired) electrons. The van der Waals surface area contributed by atoms with Gasteiger partial charge in [-0.1, -0.05) is 6.07 Å². The molecular weight excluding hydrogens is 321 g/mol. The molecule has 0 bridgehead atoms. The lowest BCUT2D eigenvalue weighted by molar-refractivity contribution is -0.137. The number of anilines is 2. The van der Waals surface area contributed by atoms with Gasteiger partial charge < -0.3 is 10.4 Å². The highest BCUT2D eigenvalue weighted by molar-refractivity contribution is 5.94. The number of hydrogen-bond acceptors (Lipinski definition) is 3. The van der Waals surface area contributed by atoms with Gasteiger partial charge in [0, 0.05) is 23.0 Å². The van der Waals surface area contributed by atoms with Crippen LogP contribution in [-0.2, 0) is 6.18 Å². The summed E-state index contributed by atoms with van der Waals surface area (Å²) < 4.78 is 38.7. The molecule has 2 N–H and O–H groups in total. The second-order valence-electron chi connectivity index (χ2n) is 5.10. The third-order valence-electron chi connectivity index (χ3n) is 3.46. The van der Waals surface area contributed by atoms with Crippen molar-refractivity contribution in [2.75, 3.05) is 5.32 Å². The molecule has 122 valence electrons. The number of nitrogens with one attached hydrogen (secondary N) is 1. The molecule has 3 aromatic rings. The Kier molecular flexibility index (Phi) is 3.84. The highest BCUT2D eigenvalue weighted by atomic mass is 19.4. The zero-order valence-corrected chi connectivity index (χ0v) is 12.1. The summed E-state index contributed by atoms with van der Waals surface area (Å²) >= 11 is 0. The molecular formula is C17H11F3N2O2. The molecule has 24 heavy (non-hydrogen) atoms. The Balaban J connectivity index is 2.06. The molecule has 1 heterocycles. The number of alkyl halides is 3. The van der Waals surface area contributed by atoms with Gasteiger partial charge in [-0.25, -0.2) is 4.79 Å². The molecule has 4 nitrogen and oxygen atoms in total. The van der Waals surface area contributed by atoms with Crippen LogP contribution in [0.5, 0.6) is 0 Å². The highest BCUT2D eigenvalue weighted by Gasteiger charge is 2.30. The summed E-state index contributed by atoms with van der Waals surface area (Å²) in [7, 11) is 0. The average Bonchev–Trinajstić information content (AvgIpc) is 2.54. The van der Waals surface area contributed by atoms with Crippen molar-refractivity contribution in [3.05, 3.63) is 65.9 Å². The molecule has 0 saturated carbocycles. The maximum absolute atomic E-state index is 12.9. The Morgan fingerprint density at radius 3 is 2.58 bits per heavy atom. The summed E-state index contributed by atoms with van der Waals surface area (Å²) in [5.41, 5.74) is 0.579. The molecule has 0 spiro atoms. The van der Waals surface area contributed by atoms with Gasteiger partial charge in [-0.3, -0.25) is 4.98 Å². The molecule has 0 aliphatic rings. The van der Waals surface area contributed by atoms with E-state index in [-0.39, 0.29) is 5.56 Å². The van der Waals surface area contributed by atoms with Crippen LogP contribution in [0.2, 0.25) is 0 Å². The van der Waals surface area contributed by atoms with Gasteiger partial charge in [0.25, 0.3) is 0 Å². The van der Waals surface area contributed by atoms with E-state index in [2.05, 4.69) is 10.3 Å². The van der Waals surface area contributed by atoms with E-state index in [1.54, 1.807) is 12.1 Å². The first-order valence-electron chi connectivity index (χ1n) is 6.91. The average molecular weight is 332 g/mol. The third kappa shape index (κ3) is 3.15. The van der Waals surface area contributed by atoms with E-state index < -0.39 is 17.7 Å². The summed E-state index contributed by atoms with van der Waals surface area (Å²) in [5, 5.41) is 12.3. The van der Waals surface area contributed by atoms with Crippen molar-refractivity contribution < 1.29 is 23.1 Å². The van der Waals surface area contributed by atoms with Gasteiger partial charge in [-0.2, -0.15) is 13.2 Å². The number of aromatic nitrogens is 1. The van der Waals surface area contributed by atoms with Crippen molar-refractivity contribution in [3.63, 3.8) is 0 Å². The Morgan fingerprint density at radius 1 is 1.08 bits per heavy atom. The molecule has 3 rings (SSSR count). The van der Waals surface area contributed by atoms with Crippen molar-refractivity contribution in [3.8, 4) is 0 Å². The second kappa shape index (κ2) is 5.84. The quantitative estimate of drug-likeness (QED) is 0.730. The second-order valence-corrected chi connectivity index (χ2v) is 5.10. The minimum absolute atomic E-state index is 0.0781. The summed E-state index contributed by atoms with van der Waals surface area (Å²) in [6, 6.07) is 10.9. The van der Waals surface area contributed by atoms with Gasteiger partial charge in [0.05, 0.1) is 16.6 Å². The van der Waals surface area contributed by atoms with Crippen LogP contribution in [0, 0.1) is 0 Å². The van der Waals surface area contributed by atoms with E-state index in [0.717, 1.165) is 12.1 Å². The maximum Gasteiger partial charge on any atom is 0.416 e. The van der Waals surface area contributed by atoms with Crippen LogP contribution in [0.1, 0.15) is 15.9 Å². The normalized spacial score (nSPS) is 11.5. The summed E-state index contributed by atoms with van der Waals surface area (Å²) in [4.78, 5) is 15.1. The van der Waals surface area contributed by atoms with Gasteiger partial charge in [-0.15, -0.1) is 0 Å². The fourth-order valence-electron chi connectivity index (χ4n) is 2.32. The molecule has 0 unspecified atom stereocenters. The first-order chi connectivity index (χ1) is 11.3. The number of halogens is 3. The minimum Gasteiger partial charge on any atom is -0.478 e. The minimum atomic E-state index is -4.45. The van der Waals surface area contributed by atoms with Crippen molar-refractivity contribution in [1.29, 1.82) is 0 Å². The van der Waals surface area contributed by atoms with E-state index in [9.17, 15) is 18.0 Å². The van der Waals surface area contributed by atoms with Crippen molar-refractivity contribution in [2.45, 2.75) is 6.18 Å². The van der Waals surface area contributed by atoms with Crippen LogP contribution in [0.25, 0.3) is 10.9 Å². The molecule has 0 aliphatic carbocycles. The van der Waals surface area contributed by atoms with E-state index in [1.807, 2.05) is 0 Å². The molecule has 2 aromatic carbocycles. The lowest BCUT2D eigenvalue weighted by atomic mass is 10.1. The number of nitrogens with zero attached hydrogens (tertiary/aromatic N) is 1. The van der Waals surface area contributed by atoms with E-state index in [1.165, 1.54) is 30.5 Å². The smallest absolute Gasteiger partial charge is 0.416 e. The fourth-order valence-corrected chi connectivity index (χ4v) is 2.32. The number of rotatable bonds is 3. The third-order valence-corrected chi connectivity index (χ3v) is 3.46. The van der Waals surface area contributed by atoms with Crippen molar-refractivity contribution in [2.24, 2.45) is 0 Å². The maximum atomic E-state index is 12.9. The number of aromatic carboxylic acids is 1. The molecule has 0 amide bonds. The predicted octanol–water partition coefficient (Wildman–Crippen LogP) is 4.70. The number of benzene rings is 2. The summed E-state index contributed by atoms with van der Waals surface area (Å²) in [6.07, 6.45) is -2.98. The van der Waals surface area contributed by atoms with Crippen molar-refractivity contribution >= 4 is 28.2 Å². The molecule has 0 aliphatic heterocycles. The first-order valence-corrected chi connectivity index (χ1v) is 6.91. The van der Waals surface area contributed by atoms with Gasteiger partial charge in [0.2, 0.25) is 0 Å². The van der Waals surface area contributed by atoms with Crippen LogP contribution in [0.15, 0.2) is 54.7 Å². The monoisotopic (exact) mass is 332 g/mol. The Hall–Kier alpha value is -3.09. The van der Waals surface area contributed by atoms with E-state index in [0.29, 0.717) is 22.3 Å². The first kappa shape index (κ1) is 15.8. The number of carboxylic acids is 1. The Labute approximate surface area is 134 Å². The van der Waals surface area contributed by atoms with Crippen molar-refractivity contribution in [1.82, 2.24) is 4.98 Å². The summed E-state index contributed by atoms with van der Waals surface area (Å²) in [6.45, 7) is 0. The standard InChI is InChI=1S/C17H11F3N2O2/c18-17(19,20)11-4-5-14-13(9-11)15(6-7-21-14)22-12-3-1-2-10(8-12)16(23)24/h1-9H,(H,21,22)(H,23,24). The van der Waals surface area contributed by atoms with Gasteiger partial charge in [-0.05, 0) is 42.5 Å². The lowest BCUT2D eigenvalue weighted by Crippen LogP contribution is -2.05. The van der Waals surface area contributed by atoms with E-state index >= 15 is 0 Å². The van der Waals surface area contributed by atoms with Crippen LogP contribution in [0.4, 0.5) is 24.5 Å². The zero-order valence-electron chi connectivity index (χ0n) is 12.1. The largest absolute Gasteiger partial charge is 0.478 e. The SMILES string of the molecule is O=C(O)c1cccc(Nc2ccnc3ccc(C(F)(F)F)cc23)c1. The number of fused-ring (bicyclic) bond motifs is 1. The highest BCUT2D eigenvalue weighted by Crippen LogP contribution is 2.33. The lowest BCUT2D eigenvalue weighted by Gasteiger charge is -2.12. The summed E-state index contributed by atoms with van der Waals surface area (Å²) in [5.74, 6) is -1.09. The molecule has 0 fully saturated rings. The topological polar surface area (TPSA) is 62.2 Å². The number of carboxylic acid groups (broad SMARTS) is 1. The van der Waals surface area contributed by atoms with Gasteiger partial charge in [0.1, 0.15) is 0 Å². The van der Waals surface area contributed by atoms with Crippen LogP contribution in [-0.4, -0.2) is 16.1 Å². The number of carbonyl (C=O) groups is 1. The number of hydrogen-bond donors (Lipinski definition) is 2. The van der Waals surface area contributed by atoms with Crippen LogP contribution in [0.3, 0.4) is 0 Å².